The molecule has 6 aliphatic heterocycles. The predicted octanol–water partition coefficient (Wildman–Crippen LogP) is -3.69. The molecule has 0 bridgehead atoms. The van der Waals surface area contributed by atoms with Gasteiger partial charge in [-0.15, -0.1) is 0 Å². The fourth-order valence-corrected chi connectivity index (χ4v) is 19.0. The van der Waals surface area contributed by atoms with Crippen LogP contribution in [0.1, 0.15) is 127 Å². The van der Waals surface area contributed by atoms with Gasteiger partial charge in [0.1, 0.15) is 128 Å². The van der Waals surface area contributed by atoms with E-state index in [4.69, 9.17) is 56.8 Å². The number of hydrogen-bond donors (Lipinski definition) is 17. The molecule has 10 fully saturated rings. The van der Waals surface area contributed by atoms with E-state index in [2.05, 4.69) is 54.5 Å². The Morgan fingerprint density at radius 1 is 0.495 bits per heavy atom. The second-order valence-corrected chi connectivity index (χ2v) is 31.4. The Bertz CT molecular complexity index is 2670. The summed E-state index contributed by atoms with van der Waals surface area (Å²) < 4.78 is 72.0. The number of fused-ring (bicyclic) bond motifs is 7. The molecule has 11 rings (SSSR count). The lowest BCUT2D eigenvalue weighted by Crippen LogP contribution is -2.66. The first-order valence-corrected chi connectivity index (χ1v) is 34.0. The van der Waals surface area contributed by atoms with E-state index in [1.807, 2.05) is 0 Å². The number of esters is 1. The molecule has 11 aliphatic rings. The summed E-state index contributed by atoms with van der Waals surface area (Å²) >= 11 is 0. The molecule has 546 valence electrons. The van der Waals surface area contributed by atoms with Crippen LogP contribution >= 0.6 is 0 Å². The Hall–Kier alpha value is -1.91. The largest absolute Gasteiger partial charge is 0.432 e. The molecule has 30 heteroatoms. The highest BCUT2D eigenvalue weighted by atomic mass is 16.8. The lowest BCUT2D eigenvalue weighted by atomic mass is 9.33. The van der Waals surface area contributed by atoms with Gasteiger partial charge in [-0.3, -0.25) is 4.79 Å². The molecule has 0 spiro atoms. The molecule has 6 saturated heterocycles. The van der Waals surface area contributed by atoms with Gasteiger partial charge in [0.15, 0.2) is 31.5 Å². The van der Waals surface area contributed by atoms with Crippen molar-refractivity contribution in [3.8, 4) is 0 Å². The Morgan fingerprint density at radius 2 is 1.02 bits per heavy atom. The van der Waals surface area contributed by atoms with Crippen molar-refractivity contribution in [1.82, 2.24) is 0 Å². The van der Waals surface area contributed by atoms with Crippen molar-refractivity contribution in [2.24, 2.45) is 50.2 Å². The van der Waals surface area contributed by atoms with E-state index in [1.54, 1.807) is 0 Å². The normalized spacial score (nSPS) is 54.6. The van der Waals surface area contributed by atoms with Crippen LogP contribution in [0, 0.1) is 50.2 Å². The zero-order valence-electron chi connectivity index (χ0n) is 55.4. The van der Waals surface area contributed by atoms with E-state index in [0.717, 1.165) is 19.3 Å². The molecular formula is C65H106O30. The molecule has 0 aromatic carbocycles. The van der Waals surface area contributed by atoms with Gasteiger partial charge in [-0.1, -0.05) is 60.1 Å². The van der Waals surface area contributed by atoms with Gasteiger partial charge in [0.25, 0.3) is 0 Å². The number of carbonyl (C=O) groups is 1. The Morgan fingerprint density at radius 3 is 1.63 bits per heavy atom. The Kier molecular flexibility index (Phi) is 21.7. The van der Waals surface area contributed by atoms with E-state index in [9.17, 15) is 86.8 Å². The van der Waals surface area contributed by atoms with E-state index in [-0.39, 0.29) is 40.6 Å². The summed E-state index contributed by atoms with van der Waals surface area (Å²) in [6.45, 7) is 16.2. The number of hydrogen-bond acceptors (Lipinski definition) is 30. The van der Waals surface area contributed by atoms with Crippen LogP contribution in [-0.4, -0.2) is 303 Å². The maximum atomic E-state index is 15.3. The number of aliphatic hydroxyl groups excluding tert-OH is 17. The average Bonchev–Trinajstić information content (AvgIpc) is 0.679. The number of carbonyl (C=O) groups excluding carboxylic acids is 1. The molecule has 37 atom stereocenters. The van der Waals surface area contributed by atoms with Crippen molar-refractivity contribution in [3.05, 3.63) is 11.6 Å². The van der Waals surface area contributed by atoms with E-state index >= 15 is 4.79 Å². The molecule has 30 nitrogen and oxygen atoms in total. The summed E-state index contributed by atoms with van der Waals surface area (Å²) in [4.78, 5) is 15.3. The minimum absolute atomic E-state index is 0.0735. The van der Waals surface area contributed by atoms with E-state index in [0.29, 0.717) is 44.9 Å². The molecule has 0 aromatic rings. The summed E-state index contributed by atoms with van der Waals surface area (Å²) in [5.41, 5.74) is -1.58. The summed E-state index contributed by atoms with van der Waals surface area (Å²) in [6, 6.07) is 0. The first-order chi connectivity index (χ1) is 44.5. The maximum Gasteiger partial charge on any atom is 0.315 e. The molecule has 6 heterocycles. The monoisotopic (exact) mass is 1370 g/mol. The van der Waals surface area contributed by atoms with Crippen LogP contribution in [0.15, 0.2) is 11.6 Å². The quantitative estimate of drug-likeness (QED) is 0.0426. The second kappa shape index (κ2) is 27.7. The minimum atomic E-state index is -1.91. The molecule has 5 aliphatic carbocycles. The molecule has 0 aromatic heterocycles. The van der Waals surface area contributed by atoms with Crippen molar-refractivity contribution in [3.63, 3.8) is 0 Å². The smallest absolute Gasteiger partial charge is 0.315 e. The summed E-state index contributed by atoms with van der Waals surface area (Å²) in [5.74, 6) is -0.696. The molecular weight excluding hydrogens is 1260 g/mol. The molecule has 0 amide bonds. The molecule has 95 heavy (non-hydrogen) atoms. The highest BCUT2D eigenvalue weighted by molar-refractivity contribution is 5.79. The van der Waals surface area contributed by atoms with E-state index < -0.39 is 226 Å². The van der Waals surface area contributed by atoms with Gasteiger partial charge >= 0.3 is 5.97 Å². The lowest BCUT2D eigenvalue weighted by Gasteiger charge is -2.71. The van der Waals surface area contributed by atoms with Gasteiger partial charge in [0.2, 0.25) is 6.29 Å². The van der Waals surface area contributed by atoms with Crippen molar-refractivity contribution >= 4 is 5.97 Å². The van der Waals surface area contributed by atoms with Crippen molar-refractivity contribution in [2.75, 3.05) is 26.4 Å². The van der Waals surface area contributed by atoms with Gasteiger partial charge in [0, 0.05) is 0 Å². The van der Waals surface area contributed by atoms with Crippen molar-refractivity contribution in [1.29, 1.82) is 0 Å². The zero-order valence-corrected chi connectivity index (χ0v) is 55.4. The van der Waals surface area contributed by atoms with Crippen LogP contribution < -0.4 is 0 Å². The third-order valence-corrected chi connectivity index (χ3v) is 25.2. The van der Waals surface area contributed by atoms with Crippen LogP contribution in [0.5, 0.6) is 0 Å². The van der Waals surface area contributed by atoms with Crippen LogP contribution in [-0.2, 0) is 61.6 Å². The summed E-state index contributed by atoms with van der Waals surface area (Å²) in [6.07, 6.45) is -38.3. The first kappa shape index (κ1) is 74.3. The summed E-state index contributed by atoms with van der Waals surface area (Å²) in [7, 11) is 0. The number of rotatable bonds is 15. The highest BCUT2D eigenvalue weighted by Crippen LogP contribution is 2.76. The van der Waals surface area contributed by atoms with Gasteiger partial charge in [0.05, 0.1) is 50.2 Å². The second-order valence-electron chi connectivity index (χ2n) is 31.4. The molecule has 4 saturated carbocycles. The van der Waals surface area contributed by atoms with E-state index in [1.165, 1.54) is 19.4 Å². The van der Waals surface area contributed by atoms with Gasteiger partial charge in [-0.25, -0.2) is 0 Å². The third kappa shape index (κ3) is 12.9. The van der Waals surface area contributed by atoms with Crippen LogP contribution in [0.4, 0.5) is 0 Å². The van der Waals surface area contributed by atoms with Gasteiger partial charge in [-0.05, 0) is 123 Å². The van der Waals surface area contributed by atoms with Gasteiger partial charge < -0.3 is 144 Å². The first-order valence-electron chi connectivity index (χ1n) is 34.0. The summed E-state index contributed by atoms with van der Waals surface area (Å²) in [5, 5.41) is 184. The highest BCUT2D eigenvalue weighted by Gasteiger charge is 2.71. The van der Waals surface area contributed by atoms with Crippen molar-refractivity contribution < 1.29 is 148 Å². The fraction of sp³-hybridized carbons (Fsp3) is 0.954. The Balaban J connectivity index is 0.779. The molecule has 17 N–H and O–H groups in total. The SMILES string of the molecule is C[C@@H]1O[C@H](O[C@H]2[C@H](O[C@H]3CC[C@]4(C)[C@H]5CC=C6[C@@H]7CC(C)(C)CC[C@]7(C(=O)O[C@@H]7O[C@H](CO[C@@H]8O[C@H](CO)[C@@H](O[C@H]9O[C@@H](C)[C@H](O)[C@@H](O)[C@H]9O)[C@H](O)[C@H]8O)[C@@H](O)[C@H](O)[C@H]7O)CC[C@@]6(C)[C@]5(C)CC[C@H]4C3(C)C)OC[C@H](O[C@@H]3O[C@H](CO)[C@@H](O)[C@H](O)[C@H]3O)[C@@H]2O)[C@H](O)[C@H](O)[C@H]1O. The molecule has 0 radical (unpaired) electrons. The standard InChI is InChI=1S/C65H106O30/c1-25-36(68)41(73)46(78)54(86-25)93-51-30(22-67)89-53(50(82)45(51)77)84-23-31-39(71)44(76)49(81)57(90-31)95-59(83)65-18-16-60(3,4)20-28(65)27-10-11-34-62(7)14-13-35(61(5,6)33(62)12-15-64(34,9)63(27,8)17-19-65)92-58-52(94-55-47(79)42(74)37(69)26(2)87-55)40(72)32(24-85-58)91-56-48(80)43(75)38(70)29(21-66)88-56/h10,25-26,28-58,66-82H,11-24H2,1-9H3/t25-,26-,28-,29+,30+,31+,32-,33-,34+,35-,36-,37-,38+,39+,40-,41+,42+,43-,44-,45+,46+,47+,48+,49+,50+,51+,52+,53+,54+,55+,56-,57-,58-,62-,63+,64+,65-/m0/s1. The Labute approximate surface area is 551 Å². The third-order valence-electron chi connectivity index (χ3n) is 25.2. The topological polar surface area (TPSA) is 472 Å². The average molecular weight is 1370 g/mol. The van der Waals surface area contributed by atoms with Crippen LogP contribution in [0.25, 0.3) is 0 Å². The van der Waals surface area contributed by atoms with Gasteiger partial charge in [-0.2, -0.15) is 0 Å². The maximum absolute atomic E-state index is 15.3. The van der Waals surface area contributed by atoms with Crippen LogP contribution in [0.3, 0.4) is 0 Å². The fourth-order valence-electron chi connectivity index (χ4n) is 19.0. The predicted molar refractivity (Wildman–Crippen MR) is 319 cm³/mol. The molecule has 0 unspecified atom stereocenters. The van der Waals surface area contributed by atoms with Crippen LogP contribution in [0.2, 0.25) is 0 Å². The zero-order chi connectivity index (χ0) is 69.3. The number of aliphatic hydroxyl groups is 17. The number of ether oxygens (including phenoxy) is 12. The minimum Gasteiger partial charge on any atom is -0.432 e. The van der Waals surface area contributed by atoms with Crippen molar-refractivity contribution in [2.45, 2.75) is 311 Å². The number of allylic oxidation sites excluding steroid dienone is 2. The lowest BCUT2D eigenvalue weighted by molar-refractivity contribution is -0.380.